The molecular formula is C17H9F3N2O3S. The summed E-state index contributed by atoms with van der Waals surface area (Å²) in [4.78, 5) is 3.39. The van der Waals surface area contributed by atoms with Crippen LogP contribution in [-0.4, -0.2) is 18.6 Å². The summed E-state index contributed by atoms with van der Waals surface area (Å²) in [6.45, 7) is 0. The largest absolute Gasteiger partial charge is 0.471 e. The molecule has 0 unspecified atom stereocenters. The van der Waals surface area contributed by atoms with Crippen LogP contribution < -0.4 is 0 Å². The van der Waals surface area contributed by atoms with Gasteiger partial charge in [0.05, 0.1) is 9.79 Å². The second-order valence-corrected chi connectivity index (χ2v) is 7.43. The van der Waals surface area contributed by atoms with Gasteiger partial charge in [0, 0.05) is 5.56 Å². The fourth-order valence-electron chi connectivity index (χ4n) is 2.66. The van der Waals surface area contributed by atoms with Gasteiger partial charge in [-0.25, -0.2) is 8.42 Å². The molecule has 0 bridgehead atoms. The molecule has 4 rings (SSSR count). The Bertz CT molecular complexity index is 1150. The van der Waals surface area contributed by atoms with Gasteiger partial charge in [0.15, 0.2) is 0 Å². The van der Waals surface area contributed by atoms with Crippen molar-refractivity contribution >= 4 is 22.0 Å². The van der Waals surface area contributed by atoms with Crippen molar-refractivity contribution in [2.45, 2.75) is 16.0 Å². The minimum atomic E-state index is -4.77. The first-order valence-corrected chi connectivity index (χ1v) is 8.83. The Morgan fingerprint density at radius 1 is 0.923 bits per heavy atom. The van der Waals surface area contributed by atoms with Crippen molar-refractivity contribution in [3.63, 3.8) is 0 Å². The Labute approximate surface area is 145 Å². The molecule has 2 heterocycles. The molecule has 0 N–H and O–H groups in total. The highest BCUT2D eigenvalue weighted by Gasteiger charge is 2.38. The van der Waals surface area contributed by atoms with Crippen LogP contribution in [0.1, 0.15) is 17.0 Å². The van der Waals surface area contributed by atoms with Crippen molar-refractivity contribution in [1.29, 1.82) is 0 Å². The molecule has 5 nitrogen and oxygen atoms in total. The highest BCUT2D eigenvalue weighted by molar-refractivity contribution is 7.91. The van der Waals surface area contributed by atoms with Crippen LogP contribution in [0, 0.1) is 0 Å². The van der Waals surface area contributed by atoms with Crippen molar-refractivity contribution in [2.24, 2.45) is 0 Å². The van der Waals surface area contributed by atoms with E-state index in [0.29, 0.717) is 11.1 Å². The minimum absolute atomic E-state index is 0.0328. The summed E-state index contributed by atoms with van der Waals surface area (Å²) in [6, 6.07) is 10.7. The van der Waals surface area contributed by atoms with Gasteiger partial charge >= 0.3 is 12.1 Å². The third-order valence-electron chi connectivity index (χ3n) is 3.88. The normalized spacial score (nSPS) is 15.2. The van der Waals surface area contributed by atoms with Gasteiger partial charge in [-0.05, 0) is 23.3 Å². The first kappa shape index (κ1) is 16.5. The summed E-state index contributed by atoms with van der Waals surface area (Å²) in [5.74, 6) is -1.83. The SMILES string of the molecule is O=S1(=O)c2ccccc2C=Cc2ccc(-c3noc(C(F)(F)F)n3)cc21. The zero-order valence-electron chi connectivity index (χ0n) is 12.9. The predicted molar refractivity (Wildman–Crippen MR) is 85.6 cm³/mol. The molecule has 0 saturated carbocycles. The summed E-state index contributed by atoms with van der Waals surface area (Å²) in [5, 5.41) is 3.30. The lowest BCUT2D eigenvalue weighted by Crippen LogP contribution is -2.05. The maximum Gasteiger partial charge on any atom is 0.471 e. The van der Waals surface area contributed by atoms with E-state index < -0.39 is 21.9 Å². The molecule has 0 radical (unpaired) electrons. The summed E-state index contributed by atoms with van der Waals surface area (Å²) in [7, 11) is -3.86. The third-order valence-corrected chi connectivity index (χ3v) is 5.76. The number of nitrogens with zero attached hydrogens (tertiary/aromatic N) is 2. The quantitative estimate of drug-likeness (QED) is 0.499. The molecule has 1 aliphatic rings. The summed E-state index contributed by atoms with van der Waals surface area (Å²) < 4.78 is 68.1. The van der Waals surface area contributed by atoms with Crippen LogP contribution in [0.15, 0.2) is 56.8 Å². The molecular weight excluding hydrogens is 369 g/mol. The number of fused-ring (bicyclic) bond motifs is 2. The van der Waals surface area contributed by atoms with Crippen LogP contribution in [-0.2, 0) is 16.0 Å². The number of alkyl halides is 3. The Morgan fingerprint density at radius 2 is 1.62 bits per heavy atom. The molecule has 0 fully saturated rings. The molecule has 132 valence electrons. The minimum Gasteiger partial charge on any atom is -0.329 e. The van der Waals surface area contributed by atoms with Gasteiger partial charge in [0.1, 0.15) is 0 Å². The van der Waals surface area contributed by atoms with E-state index in [1.807, 2.05) is 0 Å². The molecule has 26 heavy (non-hydrogen) atoms. The van der Waals surface area contributed by atoms with Crippen molar-refractivity contribution in [1.82, 2.24) is 10.1 Å². The molecule has 3 aromatic rings. The van der Waals surface area contributed by atoms with E-state index in [1.165, 1.54) is 24.3 Å². The smallest absolute Gasteiger partial charge is 0.329 e. The molecule has 1 aliphatic heterocycles. The third kappa shape index (κ3) is 2.60. The lowest BCUT2D eigenvalue weighted by molar-refractivity contribution is -0.159. The second kappa shape index (κ2) is 5.53. The Balaban J connectivity index is 1.88. The van der Waals surface area contributed by atoms with Crippen LogP contribution >= 0.6 is 0 Å². The van der Waals surface area contributed by atoms with E-state index in [1.54, 1.807) is 30.4 Å². The van der Waals surface area contributed by atoms with Gasteiger partial charge in [0.2, 0.25) is 15.7 Å². The zero-order chi connectivity index (χ0) is 18.5. The van der Waals surface area contributed by atoms with E-state index in [0.717, 1.165) is 0 Å². The lowest BCUT2D eigenvalue weighted by atomic mass is 10.1. The summed E-state index contributed by atoms with van der Waals surface area (Å²) in [6.07, 6.45) is -1.46. The number of benzene rings is 2. The van der Waals surface area contributed by atoms with E-state index in [-0.39, 0.29) is 21.2 Å². The molecule has 0 spiro atoms. The summed E-state index contributed by atoms with van der Waals surface area (Å²) in [5.41, 5.74) is 1.06. The number of hydrogen-bond donors (Lipinski definition) is 0. The summed E-state index contributed by atoms with van der Waals surface area (Å²) >= 11 is 0. The number of aromatic nitrogens is 2. The number of rotatable bonds is 1. The fraction of sp³-hybridized carbons (Fsp3) is 0.0588. The van der Waals surface area contributed by atoms with Gasteiger partial charge in [-0.15, -0.1) is 0 Å². The van der Waals surface area contributed by atoms with Gasteiger partial charge in [0.25, 0.3) is 0 Å². The van der Waals surface area contributed by atoms with Gasteiger partial charge in [-0.3, -0.25) is 0 Å². The zero-order valence-corrected chi connectivity index (χ0v) is 13.7. The van der Waals surface area contributed by atoms with Crippen molar-refractivity contribution in [2.75, 3.05) is 0 Å². The molecule has 0 amide bonds. The molecule has 0 atom stereocenters. The fourth-order valence-corrected chi connectivity index (χ4v) is 4.33. The predicted octanol–water partition coefficient (Wildman–Crippen LogP) is 4.07. The molecule has 2 aromatic carbocycles. The van der Waals surface area contributed by atoms with Crippen molar-refractivity contribution in [3.05, 3.63) is 59.5 Å². The van der Waals surface area contributed by atoms with Crippen LogP contribution in [0.2, 0.25) is 0 Å². The Kier molecular flexibility index (Phi) is 3.52. The topological polar surface area (TPSA) is 73.1 Å². The highest BCUT2D eigenvalue weighted by Crippen LogP contribution is 2.35. The van der Waals surface area contributed by atoms with Crippen molar-refractivity contribution in [3.8, 4) is 11.4 Å². The average Bonchev–Trinajstić information content (AvgIpc) is 3.07. The monoisotopic (exact) mass is 378 g/mol. The number of hydrogen-bond acceptors (Lipinski definition) is 5. The van der Waals surface area contributed by atoms with Gasteiger partial charge in [-0.2, -0.15) is 18.2 Å². The standard InChI is InChI=1S/C17H9F3N2O3S/c18-17(19,20)16-21-15(22-25-16)12-8-7-11-6-5-10-3-1-2-4-13(10)26(23,24)14(11)9-12/h1-9H. The first-order chi connectivity index (χ1) is 12.3. The van der Waals surface area contributed by atoms with Gasteiger partial charge < -0.3 is 4.52 Å². The van der Waals surface area contributed by atoms with Crippen LogP contribution in [0.5, 0.6) is 0 Å². The molecule has 1 aromatic heterocycles. The molecule has 0 aliphatic carbocycles. The van der Waals surface area contributed by atoms with E-state index in [9.17, 15) is 21.6 Å². The Hall–Kier alpha value is -2.94. The Morgan fingerprint density at radius 3 is 2.31 bits per heavy atom. The van der Waals surface area contributed by atoms with E-state index in [4.69, 9.17) is 0 Å². The van der Waals surface area contributed by atoms with E-state index in [2.05, 4.69) is 14.7 Å². The average molecular weight is 378 g/mol. The highest BCUT2D eigenvalue weighted by atomic mass is 32.2. The number of sulfone groups is 1. The van der Waals surface area contributed by atoms with Crippen LogP contribution in [0.4, 0.5) is 13.2 Å². The van der Waals surface area contributed by atoms with Gasteiger partial charge in [-0.1, -0.05) is 47.6 Å². The van der Waals surface area contributed by atoms with Crippen molar-refractivity contribution < 1.29 is 26.1 Å². The maximum atomic E-state index is 13.0. The lowest BCUT2D eigenvalue weighted by Gasteiger charge is -2.08. The molecule has 9 heteroatoms. The van der Waals surface area contributed by atoms with E-state index >= 15 is 0 Å². The second-order valence-electron chi connectivity index (χ2n) is 5.55. The number of halogens is 3. The molecule has 0 saturated heterocycles. The van der Waals surface area contributed by atoms with Crippen LogP contribution in [0.3, 0.4) is 0 Å². The van der Waals surface area contributed by atoms with Crippen LogP contribution in [0.25, 0.3) is 23.5 Å². The first-order valence-electron chi connectivity index (χ1n) is 7.34. The maximum absolute atomic E-state index is 13.0.